The molecule has 0 aromatic heterocycles. The van der Waals surface area contributed by atoms with Gasteiger partial charge in [-0.3, -0.25) is 0 Å². The predicted octanol–water partition coefficient (Wildman–Crippen LogP) is 0.975. The van der Waals surface area contributed by atoms with E-state index in [1.54, 1.807) is 0 Å². The molecule has 1 saturated heterocycles. The fourth-order valence-corrected chi connectivity index (χ4v) is 2.10. The standard InChI is InChI=1S/C13H25N3O3/c1-10(9-16-7-5-6-8-16)14-12(19)15(4)13(2,3)11(17)18/h10H,5-9H2,1-4H3,(H,14,19)(H,17,18). The molecule has 0 saturated carbocycles. The number of amides is 2. The summed E-state index contributed by atoms with van der Waals surface area (Å²) in [4.78, 5) is 26.7. The van der Waals surface area contributed by atoms with E-state index in [0.29, 0.717) is 0 Å². The summed E-state index contributed by atoms with van der Waals surface area (Å²) in [7, 11) is 1.51. The lowest BCUT2D eigenvalue weighted by molar-refractivity contribution is -0.146. The third-order valence-corrected chi connectivity index (χ3v) is 3.77. The molecule has 6 nitrogen and oxygen atoms in total. The molecular weight excluding hydrogens is 246 g/mol. The second-order valence-electron chi connectivity index (χ2n) is 5.78. The zero-order valence-corrected chi connectivity index (χ0v) is 12.3. The van der Waals surface area contributed by atoms with Gasteiger partial charge in [0.15, 0.2) is 0 Å². The molecule has 1 unspecified atom stereocenters. The summed E-state index contributed by atoms with van der Waals surface area (Å²) in [5.74, 6) is -1.02. The van der Waals surface area contributed by atoms with E-state index in [1.807, 2.05) is 6.92 Å². The number of hydrogen-bond donors (Lipinski definition) is 2. The molecule has 19 heavy (non-hydrogen) atoms. The van der Waals surface area contributed by atoms with Gasteiger partial charge in [0.2, 0.25) is 0 Å². The van der Waals surface area contributed by atoms with Gasteiger partial charge >= 0.3 is 12.0 Å². The second-order valence-corrected chi connectivity index (χ2v) is 5.78. The minimum atomic E-state index is -1.21. The van der Waals surface area contributed by atoms with Crippen molar-refractivity contribution < 1.29 is 14.7 Å². The molecule has 0 spiro atoms. The number of urea groups is 1. The van der Waals surface area contributed by atoms with Crippen LogP contribution in [0.15, 0.2) is 0 Å². The van der Waals surface area contributed by atoms with E-state index < -0.39 is 11.5 Å². The number of hydrogen-bond acceptors (Lipinski definition) is 3. The van der Waals surface area contributed by atoms with Crippen molar-refractivity contribution in [3.8, 4) is 0 Å². The molecule has 0 aromatic rings. The Kier molecular flexibility index (Phi) is 5.17. The smallest absolute Gasteiger partial charge is 0.329 e. The molecular formula is C13H25N3O3. The number of carboxylic acids is 1. The van der Waals surface area contributed by atoms with E-state index in [2.05, 4.69) is 10.2 Å². The molecule has 0 bridgehead atoms. The van der Waals surface area contributed by atoms with Crippen LogP contribution >= 0.6 is 0 Å². The highest BCUT2D eigenvalue weighted by atomic mass is 16.4. The fourth-order valence-electron chi connectivity index (χ4n) is 2.10. The van der Waals surface area contributed by atoms with Crippen LogP contribution in [-0.2, 0) is 4.79 Å². The van der Waals surface area contributed by atoms with Gasteiger partial charge in [-0.15, -0.1) is 0 Å². The Labute approximate surface area is 114 Å². The molecule has 1 heterocycles. The zero-order valence-electron chi connectivity index (χ0n) is 12.3. The number of carboxylic acid groups (broad SMARTS) is 1. The van der Waals surface area contributed by atoms with Crippen molar-refractivity contribution >= 4 is 12.0 Å². The van der Waals surface area contributed by atoms with E-state index in [-0.39, 0.29) is 12.1 Å². The molecule has 6 heteroatoms. The SMILES string of the molecule is CC(CN1CCCC1)NC(=O)N(C)C(C)(C)C(=O)O. The number of nitrogens with zero attached hydrogens (tertiary/aromatic N) is 2. The minimum Gasteiger partial charge on any atom is -0.480 e. The van der Waals surface area contributed by atoms with E-state index in [9.17, 15) is 9.59 Å². The average Bonchev–Trinajstić information content (AvgIpc) is 2.80. The lowest BCUT2D eigenvalue weighted by Gasteiger charge is -2.33. The molecule has 1 aliphatic heterocycles. The lowest BCUT2D eigenvalue weighted by Crippen LogP contribution is -2.56. The molecule has 0 radical (unpaired) electrons. The molecule has 110 valence electrons. The maximum atomic E-state index is 12.0. The Balaban J connectivity index is 2.46. The lowest BCUT2D eigenvalue weighted by atomic mass is 10.0. The number of likely N-dealkylation sites (N-methyl/N-ethyl adjacent to an activating group) is 1. The second kappa shape index (κ2) is 6.23. The summed E-state index contributed by atoms with van der Waals surface area (Å²) >= 11 is 0. The normalized spacial score (nSPS) is 18.1. The van der Waals surface area contributed by atoms with Crippen LogP contribution in [0, 0.1) is 0 Å². The quantitative estimate of drug-likeness (QED) is 0.781. The summed E-state index contributed by atoms with van der Waals surface area (Å²) in [6, 6.07) is -0.336. The van der Waals surface area contributed by atoms with Crippen LogP contribution in [0.5, 0.6) is 0 Å². The van der Waals surface area contributed by atoms with Crippen molar-refractivity contribution in [3.63, 3.8) is 0 Å². The fraction of sp³-hybridized carbons (Fsp3) is 0.846. The number of rotatable bonds is 5. The molecule has 2 amide bonds. The predicted molar refractivity (Wildman–Crippen MR) is 73.1 cm³/mol. The third kappa shape index (κ3) is 4.09. The summed E-state index contributed by atoms with van der Waals surface area (Å²) < 4.78 is 0. The Morgan fingerprint density at radius 1 is 1.37 bits per heavy atom. The van der Waals surface area contributed by atoms with Crippen molar-refractivity contribution in [2.45, 2.75) is 45.2 Å². The van der Waals surface area contributed by atoms with Crippen LogP contribution in [0.4, 0.5) is 4.79 Å². The van der Waals surface area contributed by atoms with Crippen molar-refractivity contribution in [3.05, 3.63) is 0 Å². The van der Waals surface area contributed by atoms with E-state index in [4.69, 9.17) is 5.11 Å². The van der Waals surface area contributed by atoms with Crippen molar-refractivity contribution in [2.75, 3.05) is 26.7 Å². The topological polar surface area (TPSA) is 72.9 Å². The first-order chi connectivity index (χ1) is 8.75. The van der Waals surface area contributed by atoms with Gasteiger partial charge in [0, 0.05) is 19.6 Å². The molecule has 2 N–H and O–H groups in total. The van der Waals surface area contributed by atoms with Crippen LogP contribution in [-0.4, -0.2) is 65.2 Å². The Morgan fingerprint density at radius 2 is 1.89 bits per heavy atom. The van der Waals surface area contributed by atoms with Gasteiger partial charge in [0.05, 0.1) is 0 Å². The maximum absolute atomic E-state index is 12.0. The molecule has 1 atom stereocenters. The summed E-state index contributed by atoms with van der Waals surface area (Å²) in [6.45, 7) is 7.94. The van der Waals surface area contributed by atoms with Gasteiger partial charge in [-0.05, 0) is 46.7 Å². The number of carbonyl (C=O) groups is 2. The Bertz CT molecular complexity index is 338. The largest absolute Gasteiger partial charge is 0.480 e. The van der Waals surface area contributed by atoms with Crippen LogP contribution in [0.2, 0.25) is 0 Å². The van der Waals surface area contributed by atoms with Gasteiger partial charge < -0.3 is 20.2 Å². The van der Waals surface area contributed by atoms with Crippen molar-refractivity contribution in [1.82, 2.24) is 15.1 Å². The van der Waals surface area contributed by atoms with Gasteiger partial charge in [-0.25, -0.2) is 9.59 Å². The third-order valence-electron chi connectivity index (χ3n) is 3.77. The number of likely N-dealkylation sites (tertiary alicyclic amines) is 1. The molecule has 0 aromatic carbocycles. The van der Waals surface area contributed by atoms with Gasteiger partial charge in [0.25, 0.3) is 0 Å². The maximum Gasteiger partial charge on any atom is 0.329 e. The molecule has 1 rings (SSSR count). The number of aliphatic carboxylic acids is 1. The van der Waals surface area contributed by atoms with Crippen LogP contribution < -0.4 is 5.32 Å². The van der Waals surface area contributed by atoms with E-state index in [1.165, 1.54) is 38.6 Å². The number of carbonyl (C=O) groups excluding carboxylic acids is 1. The molecule has 1 aliphatic rings. The Hall–Kier alpha value is -1.30. The van der Waals surface area contributed by atoms with Crippen molar-refractivity contribution in [1.29, 1.82) is 0 Å². The van der Waals surface area contributed by atoms with Crippen LogP contribution in [0.1, 0.15) is 33.6 Å². The first-order valence-corrected chi connectivity index (χ1v) is 6.75. The summed E-state index contributed by atoms with van der Waals surface area (Å²) in [5, 5.41) is 11.9. The average molecular weight is 271 g/mol. The summed E-state index contributed by atoms with van der Waals surface area (Å²) in [5.41, 5.74) is -1.21. The highest BCUT2D eigenvalue weighted by Crippen LogP contribution is 2.13. The highest BCUT2D eigenvalue weighted by molar-refractivity contribution is 5.85. The molecule has 1 fully saturated rings. The highest BCUT2D eigenvalue weighted by Gasteiger charge is 2.35. The van der Waals surface area contributed by atoms with Gasteiger partial charge in [0.1, 0.15) is 5.54 Å². The minimum absolute atomic E-state index is 0.0117. The van der Waals surface area contributed by atoms with Crippen molar-refractivity contribution in [2.24, 2.45) is 0 Å². The number of nitrogens with one attached hydrogen (secondary N) is 1. The Morgan fingerprint density at radius 3 is 2.37 bits per heavy atom. The first-order valence-electron chi connectivity index (χ1n) is 6.75. The van der Waals surface area contributed by atoms with Gasteiger partial charge in [-0.1, -0.05) is 0 Å². The summed E-state index contributed by atoms with van der Waals surface area (Å²) in [6.07, 6.45) is 2.43. The van der Waals surface area contributed by atoms with Gasteiger partial charge in [-0.2, -0.15) is 0 Å². The zero-order chi connectivity index (χ0) is 14.6. The van der Waals surface area contributed by atoms with Crippen LogP contribution in [0.3, 0.4) is 0 Å². The van der Waals surface area contributed by atoms with E-state index in [0.717, 1.165) is 19.6 Å². The monoisotopic (exact) mass is 271 g/mol. The van der Waals surface area contributed by atoms with Crippen LogP contribution in [0.25, 0.3) is 0 Å². The molecule has 0 aliphatic carbocycles. The first kappa shape index (κ1) is 15.8. The van der Waals surface area contributed by atoms with E-state index >= 15 is 0 Å².